The Morgan fingerprint density at radius 1 is 1.31 bits per heavy atom. The number of hydrogen-bond acceptors (Lipinski definition) is 4. The highest BCUT2D eigenvalue weighted by Gasteiger charge is 2.24. The molecule has 0 aromatic heterocycles. The van der Waals surface area contributed by atoms with Crippen molar-refractivity contribution in [2.45, 2.75) is 19.4 Å². The van der Waals surface area contributed by atoms with Crippen LogP contribution < -0.4 is 4.74 Å². The van der Waals surface area contributed by atoms with Crippen LogP contribution in [0.15, 0.2) is 24.3 Å². The molecular formula is C12H16O4. The van der Waals surface area contributed by atoms with Crippen LogP contribution in [0.2, 0.25) is 0 Å². The summed E-state index contributed by atoms with van der Waals surface area (Å²) in [6.45, 7) is 3.09. The van der Waals surface area contributed by atoms with Gasteiger partial charge in [0, 0.05) is 12.7 Å². The highest BCUT2D eigenvalue weighted by atomic mass is 16.7. The molecule has 4 heteroatoms. The number of hydrogen-bond donors (Lipinski definition) is 1. The Hall–Kier alpha value is -1.39. The molecule has 0 atom stereocenters. The van der Waals surface area contributed by atoms with Gasteiger partial charge in [0.2, 0.25) is 0 Å². The van der Waals surface area contributed by atoms with E-state index in [1.807, 2.05) is 0 Å². The van der Waals surface area contributed by atoms with E-state index in [9.17, 15) is 9.90 Å². The van der Waals surface area contributed by atoms with Crippen molar-refractivity contribution in [3.05, 3.63) is 29.8 Å². The van der Waals surface area contributed by atoms with Crippen LogP contribution in [0.4, 0.5) is 0 Å². The van der Waals surface area contributed by atoms with E-state index in [0.29, 0.717) is 11.3 Å². The monoisotopic (exact) mass is 224 g/mol. The number of carbonyl (C=O) groups excluding carboxylic acids is 1. The lowest BCUT2D eigenvalue weighted by Gasteiger charge is -2.15. The summed E-state index contributed by atoms with van der Waals surface area (Å²) < 4.78 is 9.93. The molecule has 0 aliphatic carbocycles. The molecule has 0 bridgehead atoms. The predicted octanol–water partition coefficient (Wildman–Crippen LogP) is 1.62. The van der Waals surface area contributed by atoms with Gasteiger partial charge >= 0.3 is 0 Å². The molecule has 1 rings (SSSR count). The SMILES string of the molecule is COCOc1ccc(C(=O)C(C)(C)O)cc1. The Balaban J connectivity index is 2.75. The Morgan fingerprint density at radius 2 is 1.88 bits per heavy atom. The van der Waals surface area contributed by atoms with Crippen LogP contribution in [0.5, 0.6) is 5.75 Å². The molecule has 0 spiro atoms. The number of ketones is 1. The van der Waals surface area contributed by atoms with E-state index in [2.05, 4.69) is 0 Å². The van der Waals surface area contributed by atoms with Crippen LogP contribution in [-0.2, 0) is 4.74 Å². The summed E-state index contributed by atoms with van der Waals surface area (Å²) >= 11 is 0. The van der Waals surface area contributed by atoms with Crippen molar-refractivity contribution in [1.82, 2.24) is 0 Å². The molecule has 4 nitrogen and oxygen atoms in total. The molecule has 16 heavy (non-hydrogen) atoms. The third-order valence-electron chi connectivity index (χ3n) is 2.02. The van der Waals surface area contributed by atoms with Crippen LogP contribution in [-0.4, -0.2) is 30.4 Å². The van der Waals surface area contributed by atoms with E-state index in [0.717, 1.165) is 0 Å². The maximum absolute atomic E-state index is 11.7. The van der Waals surface area contributed by atoms with Crippen LogP contribution in [0, 0.1) is 0 Å². The molecule has 0 fully saturated rings. The zero-order chi connectivity index (χ0) is 12.2. The van der Waals surface area contributed by atoms with Crippen LogP contribution in [0.1, 0.15) is 24.2 Å². The fourth-order valence-corrected chi connectivity index (χ4v) is 1.18. The van der Waals surface area contributed by atoms with Crippen LogP contribution in [0.3, 0.4) is 0 Å². The zero-order valence-corrected chi connectivity index (χ0v) is 9.69. The van der Waals surface area contributed by atoms with Gasteiger partial charge in [-0.3, -0.25) is 4.79 Å². The minimum atomic E-state index is -1.35. The maximum atomic E-state index is 11.7. The molecule has 0 unspecified atom stereocenters. The molecule has 0 aliphatic heterocycles. The summed E-state index contributed by atoms with van der Waals surface area (Å²) in [6, 6.07) is 6.56. The van der Waals surface area contributed by atoms with E-state index in [4.69, 9.17) is 9.47 Å². The first-order valence-corrected chi connectivity index (χ1v) is 4.94. The fraction of sp³-hybridized carbons (Fsp3) is 0.417. The van der Waals surface area contributed by atoms with Gasteiger partial charge in [0.15, 0.2) is 12.6 Å². The lowest BCUT2D eigenvalue weighted by molar-refractivity contribution is 0.0484. The fourth-order valence-electron chi connectivity index (χ4n) is 1.18. The molecule has 1 aromatic rings. The first kappa shape index (κ1) is 12.7. The molecule has 1 aromatic carbocycles. The third kappa shape index (κ3) is 3.32. The Morgan fingerprint density at radius 3 is 2.31 bits per heavy atom. The minimum Gasteiger partial charge on any atom is -0.468 e. The summed E-state index contributed by atoms with van der Waals surface area (Å²) in [5.74, 6) is 0.305. The number of Topliss-reactive ketones (excluding diaryl/α,β-unsaturated/α-hetero) is 1. The van der Waals surface area contributed by atoms with Crippen LogP contribution >= 0.6 is 0 Å². The first-order chi connectivity index (χ1) is 7.45. The van der Waals surface area contributed by atoms with Gasteiger partial charge in [0.1, 0.15) is 11.4 Å². The van der Waals surface area contributed by atoms with Crippen molar-refractivity contribution in [3.63, 3.8) is 0 Å². The van der Waals surface area contributed by atoms with Crippen molar-refractivity contribution in [2.24, 2.45) is 0 Å². The second-order valence-corrected chi connectivity index (χ2v) is 3.96. The molecule has 0 saturated carbocycles. The van der Waals surface area contributed by atoms with E-state index < -0.39 is 5.60 Å². The van der Waals surface area contributed by atoms with Gasteiger partial charge < -0.3 is 14.6 Å². The van der Waals surface area contributed by atoms with Crippen molar-refractivity contribution < 1.29 is 19.4 Å². The maximum Gasteiger partial charge on any atom is 0.193 e. The number of ether oxygens (including phenoxy) is 2. The summed E-state index contributed by atoms with van der Waals surface area (Å²) in [6.07, 6.45) is 0. The number of benzene rings is 1. The smallest absolute Gasteiger partial charge is 0.193 e. The van der Waals surface area contributed by atoms with E-state index in [1.165, 1.54) is 21.0 Å². The Kier molecular flexibility index (Phi) is 4.04. The largest absolute Gasteiger partial charge is 0.468 e. The molecule has 0 radical (unpaired) electrons. The molecule has 88 valence electrons. The number of methoxy groups -OCH3 is 1. The predicted molar refractivity (Wildman–Crippen MR) is 59.6 cm³/mol. The quantitative estimate of drug-likeness (QED) is 0.610. The first-order valence-electron chi connectivity index (χ1n) is 4.94. The second kappa shape index (κ2) is 5.09. The molecule has 0 amide bonds. The summed E-state index contributed by atoms with van der Waals surface area (Å²) in [7, 11) is 1.53. The van der Waals surface area contributed by atoms with Gasteiger partial charge in [0.05, 0.1) is 0 Å². The summed E-state index contributed by atoms with van der Waals surface area (Å²) in [5.41, 5.74) is -0.896. The zero-order valence-electron chi connectivity index (χ0n) is 9.69. The molecule has 1 N–H and O–H groups in total. The molecule has 0 saturated heterocycles. The second-order valence-electron chi connectivity index (χ2n) is 3.96. The third-order valence-corrected chi connectivity index (χ3v) is 2.02. The highest BCUT2D eigenvalue weighted by molar-refractivity contribution is 6.01. The lowest BCUT2D eigenvalue weighted by Crippen LogP contribution is -2.30. The highest BCUT2D eigenvalue weighted by Crippen LogP contribution is 2.16. The average molecular weight is 224 g/mol. The van der Waals surface area contributed by atoms with Gasteiger partial charge in [-0.25, -0.2) is 0 Å². The topological polar surface area (TPSA) is 55.8 Å². The van der Waals surface area contributed by atoms with E-state index in [1.54, 1.807) is 24.3 Å². The van der Waals surface area contributed by atoms with Crippen LogP contribution in [0.25, 0.3) is 0 Å². The molecule has 0 aliphatic rings. The van der Waals surface area contributed by atoms with Gasteiger partial charge in [-0.2, -0.15) is 0 Å². The van der Waals surface area contributed by atoms with E-state index in [-0.39, 0.29) is 12.6 Å². The number of carbonyl (C=O) groups is 1. The summed E-state index contributed by atoms with van der Waals surface area (Å²) in [4.78, 5) is 11.7. The Labute approximate surface area is 94.8 Å². The van der Waals surface area contributed by atoms with Crippen molar-refractivity contribution in [3.8, 4) is 5.75 Å². The normalized spacial score (nSPS) is 11.2. The standard InChI is InChI=1S/C12H16O4/c1-12(2,14)11(13)9-4-6-10(7-5-9)16-8-15-3/h4-7,14H,8H2,1-3H3. The van der Waals surface area contributed by atoms with Gasteiger partial charge in [-0.1, -0.05) is 0 Å². The minimum absolute atomic E-state index is 0.165. The molecular weight excluding hydrogens is 208 g/mol. The summed E-state index contributed by atoms with van der Waals surface area (Å²) in [5, 5.41) is 9.55. The average Bonchev–Trinajstić information content (AvgIpc) is 2.25. The number of rotatable bonds is 5. The van der Waals surface area contributed by atoms with Gasteiger partial charge in [-0.05, 0) is 38.1 Å². The van der Waals surface area contributed by atoms with E-state index >= 15 is 0 Å². The van der Waals surface area contributed by atoms with Gasteiger partial charge in [-0.15, -0.1) is 0 Å². The molecule has 0 heterocycles. The van der Waals surface area contributed by atoms with Crippen molar-refractivity contribution in [1.29, 1.82) is 0 Å². The number of aliphatic hydroxyl groups is 1. The van der Waals surface area contributed by atoms with Crippen molar-refractivity contribution >= 4 is 5.78 Å². The Bertz CT molecular complexity index is 348. The lowest BCUT2D eigenvalue weighted by atomic mass is 9.97. The van der Waals surface area contributed by atoms with Gasteiger partial charge in [0.25, 0.3) is 0 Å². The van der Waals surface area contributed by atoms with Crippen molar-refractivity contribution in [2.75, 3.05) is 13.9 Å².